The lowest BCUT2D eigenvalue weighted by molar-refractivity contribution is 0.472. The number of rotatable bonds is 1. The van der Waals surface area contributed by atoms with Crippen LogP contribution in [0.15, 0.2) is 30.3 Å². The third-order valence-corrected chi connectivity index (χ3v) is 4.07. The van der Waals surface area contributed by atoms with Crippen molar-refractivity contribution in [2.75, 3.05) is 10.0 Å². The number of phenolic OH excluding ortho intramolecular Hbond substituents is 1. The molecule has 19 heavy (non-hydrogen) atoms. The van der Waals surface area contributed by atoms with Crippen molar-refractivity contribution >= 4 is 23.0 Å². The van der Waals surface area contributed by atoms with Crippen LogP contribution in [-0.2, 0) is 0 Å². The number of hydrogen-bond donors (Lipinski definition) is 1. The molecule has 4 heteroatoms. The minimum Gasteiger partial charge on any atom is -0.505 e. The first kappa shape index (κ1) is 11.0. The molecule has 1 N–H and O–H groups in total. The van der Waals surface area contributed by atoms with Crippen molar-refractivity contribution in [3.05, 3.63) is 52.0 Å². The summed E-state index contributed by atoms with van der Waals surface area (Å²) in [7, 11) is 0. The zero-order valence-corrected chi connectivity index (χ0v) is 11.4. The molecule has 2 aliphatic rings. The number of benzene rings is 2. The SMILES string of the molecule is Cc1cc(C)c(O)c(N2C3c4ccc(Cl)cc4N32)c1. The van der Waals surface area contributed by atoms with E-state index in [0.29, 0.717) is 5.75 Å². The van der Waals surface area contributed by atoms with Crippen molar-refractivity contribution in [2.24, 2.45) is 0 Å². The number of anilines is 2. The summed E-state index contributed by atoms with van der Waals surface area (Å²) in [5, 5.41) is 15.2. The van der Waals surface area contributed by atoms with Gasteiger partial charge in [-0.1, -0.05) is 23.7 Å². The molecule has 0 saturated carbocycles. The van der Waals surface area contributed by atoms with Crippen molar-refractivity contribution in [1.29, 1.82) is 0 Å². The molecule has 0 aliphatic carbocycles. The van der Waals surface area contributed by atoms with Crippen molar-refractivity contribution in [2.45, 2.75) is 20.0 Å². The van der Waals surface area contributed by atoms with Crippen LogP contribution in [0.4, 0.5) is 11.4 Å². The van der Waals surface area contributed by atoms with E-state index < -0.39 is 0 Å². The fourth-order valence-corrected chi connectivity index (χ4v) is 3.08. The molecule has 3 nitrogen and oxygen atoms in total. The Hall–Kier alpha value is -1.87. The Morgan fingerprint density at radius 1 is 1.05 bits per heavy atom. The first-order valence-corrected chi connectivity index (χ1v) is 6.64. The maximum Gasteiger partial charge on any atom is 0.168 e. The van der Waals surface area contributed by atoms with Crippen molar-refractivity contribution in [3.8, 4) is 5.75 Å². The fourth-order valence-electron chi connectivity index (χ4n) is 2.91. The fraction of sp³-hybridized carbons (Fsp3) is 0.200. The monoisotopic (exact) mass is 272 g/mol. The quantitative estimate of drug-likeness (QED) is 0.797. The predicted octanol–water partition coefficient (Wildman–Crippen LogP) is 3.92. The maximum atomic E-state index is 10.2. The number of nitrogens with zero attached hydrogens (tertiary/aromatic N) is 2. The van der Waals surface area contributed by atoms with E-state index in [4.69, 9.17) is 11.6 Å². The Kier molecular flexibility index (Phi) is 1.95. The van der Waals surface area contributed by atoms with E-state index in [2.05, 4.69) is 16.1 Å². The van der Waals surface area contributed by atoms with E-state index in [1.165, 1.54) is 5.56 Å². The highest BCUT2D eigenvalue weighted by molar-refractivity contribution is 6.31. The summed E-state index contributed by atoms with van der Waals surface area (Å²) in [6.07, 6.45) is 0.263. The number of halogens is 1. The first-order chi connectivity index (χ1) is 9.08. The van der Waals surface area contributed by atoms with Gasteiger partial charge in [-0.15, -0.1) is 0 Å². The average Bonchev–Trinajstić information content (AvgIpc) is 3.01. The van der Waals surface area contributed by atoms with Gasteiger partial charge in [-0.2, -0.15) is 0 Å². The van der Waals surface area contributed by atoms with E-state index in [1.807, 2.05) is 38.1 Å². The molecule has 1 atom stereocenters. The van der Waals surface area contributed by atoms with Crippen LogP contribution < -0.4 is 10.0 Å². The van der Waals surface area contributed by atoms with E-state index in [-0.39, 0.29) is 6.17 Å². The summed E-state index contributed by atoms with van der Waals surface area (Å²) in [5.41, 5.74) is 5.33. The summed E-state index contributed by atoms with van der Waals surface area (Å²) in [5.74, 6) is 0.358. The molecule has 0 aromatic heterocycles. The van der Waals surface area contributed by atoms with Gasteiger partial charge in [0.25, 0.3) is 0 Å². The minimum absolute atomic E-state index is 0.263. The molecule has 4 rings (SSSR count). The van der Waals surface area contributed by atoms with Gasteiger partial charge in [0.1, 0.15) is 11.4 Å². The van der Waals surface area contributed by atoms with Crippen LogP contribution >= 0.6 is 11.6 Å². The molecule has 0 spiro atoms. The standard InChI is InChI=1S/C15H13ClN2O/c1-8-5-9(2)14(19)13(6-8)18-15-11-4-3-10(16)7-12(11)17(15)18/h3-7,15,19H,1-2H3. The molecule has 0 bridgehead atoms. The number of hydrogen-bond acceptors (Lipinski definition) is 3. The van der Waals surface area contributed by atoms with Crippen LogP contribution in [-0.4, -0.2) is 5.11 Å². The first-order valence-electron chi connectivity index (χ1n) is 6.26. The topological polar surface area (TPSA) is 26.2 Å². The van der Waals surface area contributed by atoms with Gasteiger partial charge in [-0.25, -0.2) is 0 Å². The van der Waals surface area contributed by atoms with E-state index in [9.17, 15) is 5.11 Å². The van der Waals surface area contributed by atoms with Gasteiger partial charge < -0.3 is 5.11 Å². The Balaban J connectivity index is 1.76. The second-order valence-electron chi connectivity index (χ2n) is 5.22. The summed E-state index contributed by atoms with van der Waals surface area (Å²) in [6.45, 7) is 3.97. The van der Waals surface area contributed by atoms with Crippen LogP contribution in [0, 0.1) is 13.8 Å². The van der Waals surface area contributed by atoms with Gasteiger partial charge in [0.2, 0.25) is 0 Å². The molecular weight excluding hydrogens is 260 g/mol. The third kappa shape index (κ3) is 1.33. The zero-order chi connectivity index (χ0) is 13.3. The lowest BCUT2D eigenvalue weighted by Crippen LogP contribution is -2.09. The summed E-state index contributed by atoms with van der Waals surface area (Å²) >= 11 is 6.02. The summed E-state index contributed by atoms with van der Waals surface area (Å²) in [4.78, 5) is 0. The second kappa shape index (κ2) is 3.36. The predicted molar refractivity (Wildman–Crippen MR) is 76.7 cm³/mol. The molecule has 0 amide bonds. The van der Waals surface area contributed by atoms with E-state index >= 15 is 0 Å². The van der Waals surface area contributed by atoms with Gasteiger partial charge in [0.05, 0.1) is 5.69 Å². The second-order valence-corrected chi connectivity index (χ2v) is 5.65. The molecule has 1 fully saturated rings. The molecule has 2 heterocycles. The number of aromatic hydroxyl groups is 1. The van der Waals surface area contributed by atoms with Crippen LogP contribution in [0.1, 0.15) is 22.9 Å². The van der Waals surface area contributed by atoms with Crippen LogP contribution in [0.5, 0.6) is 5.75 Å². The minimum atomic E-state index is 0.263. The van der Waals surface area contributed by atoms with Crippen molar-refractivity contribution in [3.63, 3.8) is 0 Å². The zero-order valence-electron chi connectivity index (χ0n) is 10.7. The summed E-state index contributed by atoms with van der Waals surface area (Å²) in [6, 6.07) is 9.94. The number of hydrazine groups is 1. The Morgan fingerprint density at radius 2 is 1.79 bits per heavy atom. The number of phenols is 1. The smallest absolute Gasteiger partial charge is 0.168 e. The molecule has 1 saturated heterocycles. The molecular formula is C15H13ClN2O. The van der Waals surface area contributed by atoms with Crippen molar-refractivity contribution < 1.29 is 5.11 Å². The molecule has 1 unspecified atom stereocenters. The largest absolute Gasteiger partial charge is 0.505 e. The van der Waals surface area contributed by atoms with Crippen LogP contribution in [0.25, 0.3) is 0 Å². The Morgan fingerprint density at radius 3 is 2.58 bits per heavy atom. The third-order valence-electron chi connectivity index (χ3n) is 3.83. The molecule has 2 aliphatic heterocycles. The lowest BCUT2D eigenvalue weighted by atomic mass is 10.1. The van der Waals surface area contributed by atoms with Gasteiger partial charge >= 0.3 is 0 Å². The van der Waals surface area contributed by atoms with Gasteiger partial charge in [0.15, 0.2) is 6.17 Å². The van der Waals surface area contributed by atoms with Gasteiger partial charge in [0, 0.05) is 10.6 Å². The van der Waals surface area contributed by atoms with Gasteiger partial charge in [-0.05, 0) is 43.2 Å². The average molecular weight is 273 g/mol. The van der Waals surface area contributed by atoms with Gasteiger partial charge in [-0.3, -0.25) is 10.0 Å². The molecule has 0 radical (unpaired) electrons. The number of fused-ring (bicyclic) bond motifs is 4. The Labute approximate surface area is 116 Å². The molecule has 2 aromatic carbocycles. The van der Waals surface area contributed by atoms with E-state index in [0.717, 1.165) is 27.5 Å². The number of aryl methyl sites for hydroxylation is 2. The highest BCUT2D eigenvalue weighted by Crippen LogP contribution is 2.62. The highest BCUT2D eigenvalue weighted by Gasteiger charge is 2.58. The van der Waals surface area contributed by atoms with Crippen LogP contribution in [0.2, 0.25) is 5.02 Å². The Bertz CT molecular complexity index is 714. The van der Waals surface area contributed by atoms with E-state index in [1.54, 1.807) is 0 Å². The van der Waals surface area contributed by atoms with Crippen LogP contribution in [0.3, 0.4) is 0 Å². The van der Waals surface area contributed by atoms with Crippen molar-refractivity contribution in [1.82, 2.24) is 0 Å². The highest BCUT2D eigenvalue weighted by atomic mass is 35.5. The molecule has 2 aromatic rings. The normalized spacial score (nSPS) is 18.8. The summed E-state index contributed by atoms with van der Waals surface area (Å²) < 4.78 is 0. The lowest BCUT2D eigenvalue weighted by Gasteiger charge is -2.15. The molecule has 96 valence electrons. The maximum absolute atomic E-state index is 10.2.